The van der Waals surface area contributed by atoms with E-state index in [1.807, 2.05) is 0 Å². The molecule has 102 valence electrons. The largest absolute Gasteiger partial charge is 0.241 e. The molecule has 2 rings (SSSR count). The fraction of sp³-hybridized carbons (Fsp3) is 0.182. The van der Waals surface area contributed by atoms with Crippen molar-refractivity contribution in [3.8, 4) is 5.69 Å². The van der Waals surface area contributed by atoms with E-state index >= 15 is 0 Å². The normalized spacial score (nSPS) is 11.8. The standard InChI is InChI=1S/C11H11ClFN3O2S/c1-6-11(19(14,17)18)7(2)16(15-6)10-8(12)4-3-5-9(10)13/h3-5H,1-2H3,(H2,14,17,18). The van der Waals surface area contributed by atoms with Crippen LogP contribution in [-0.2, 0) is 10.0 Å². The number of aryl methyl sites for hydroxylation is 1. The quantitative estimate of drug-likeness (QED) is 0.920. The number of primary sulfonamides is 1. The van der Waals surface area contributed by atoms with E-state index in [1.54, 1.807) is 0 Å². The van der Waals surface area contributed by atoms with Crippen molar-refractivity contribution in [1.82, 2.24) is 9.78 Å². The molecule has 0 spiro atoms. The zero-order valence-electron chi connectivity index (χ0n) is 10.2. The van der Waals surface area contributed by atoms with Crippen LogP contribution in [0.4, 0.5) is 4.39 Å². The third-order valence-electron chi connectivity index (χ3n) is 2.66. The summed E-state index contributed by atoms with van der Waals surface area (Å²) in [6.45, 7) is 2.97. The lowest BCUT2D eigenvalue weighted by atomic mass is 10.3. The minimum Gasteiger partial charge on any atom is -0.232 e. The lowest BCUT2D eigenvalue weighted by Gasteiger charge is -2.08. The van der Waals surface area contributed by atoms with Crippen molar-refractivity contribution in [2.24, 2.45) is 5.14 Å². The molecule has 0 atom stereocenters. The van der Waals surface area contributed by atoms with Crippen LogP contribution in [0.3, 0.4) is 0 Å². The molecule has 0 unspecified atom stereocenters. The van der Waals surface area contributed by atoms with Crippen molar-refractivity contribution in [1.29, 1.82) is 0 Å². The summed E-state index contributed by atoms with van der Waals surface area (Å²) in [7, 11) is -3.93. The molecule has 0 radical (unpaired) electrons. The van der Waals surface area contributed by atoms with Crippen molar-refractivity contribution < 1.29 is 12.8 Å². The predicted molar refractivity (Wildman–Crippen MR) is 69.4 cm³/mol. The van der Waals surface area contributed by atoms with Crippen LogP contribution in [0.25, 0.3) is 5.69 Å². The first-order valence-electron chi connectivity index (χ1n) is 5.27. The average molecular weight is 304 g/mol. The molecule has 1 heterocycles. The van der Waals surface area contributed by atoms with E-state index in [2.05, 4.69) is 5.10 Å². The van der Waals surface area contributed by atoms with E-state index in [0.717, 1.165) is 4.68 Å². The smallest absolute Gasteiger partial charge is 0.232 e. The molecule has 8 heteroatoms. The van der Waals surface area contributed by atoms with Crippen molar-refractivity contribution in [3.63, 3.8) is 0 Å². The Morgan fingerprint density at radius 2 is 2.00 bits per heavy atom. The van der Waals surface area contributed by atoms with Crippen molar-refractivity contribution in [3.05, 3.63) is 40.4 Å². The molecular formula is C11H11ClFN3O2S. The van der Waals surface area contributed by atoms with Crippen LogP contribution >= 0.6 is 11.6 Å². The topological polar surface area (TPSA) is 78.0 Å². The number of hydrogen-bond acceptors (Lipinski definition) is 3. The predicted octanol–water partition coefficient (Wildman–Crippen LogP) is 1.93. The van der Waals surface area contributed by atoms with Crippen LogP contribution in [0.5, 0.6) is 0 Å². The Bertz CT molecular complexity index is 735. The van der Waals surface area contributed by atoms with Crippen molar-refractivity contribution >= 4 is 21.6 Å². The molecule has 0 saturated heterocycles. The first kappa shape index (κ1) is 14.0. The second-order valence-electron chi connectivity index (χ2n) is 4.03. The fourth-order valence-corrected chi connectivity index (χ4v) is 3.14. The van der Waals surface area contributed by atoms with E-state index in [1.165, 1.54) is 32.0 Å². The summed E-state index contributed by atoms with van der Waals surface area (Å²) in [5, 5.41) is 9.25. The summed E-state index contributed by atoms with van der Waals surface area (Å²) < 4.78 is 37.9. The number of aromatic nitrogens is 2. The summed E-state index contributed by atoms with van der Waals surface area (Å²) in [6, 6.07) is 4.16. The Kier molecular flexibility index (Phi) is 3.38. The molecule has 0 aliphatic carbocycles. The molecule has 5 nitrogen and oxygen atoms in total. The summed E-state index contributed by atoms with van der Waals surface area (Å²) in [6.07, 6.45) is 0. The van der Waals surface area contributed by atoms with E-state index in [0.29, 0.717) is 0 Å². The van der Waals surface area contributed by atoms with Gasteiger partial charge >= 0.3 is 0 Å². The summed E-state index contributed by atoms with van der Waals surface area (Å²) in [4.78, 5) is -0.119. The Balaban J connectivity index is 2.80. The average Bonchev–Trinajstić information content (AvgIpc) is 2.53. The molecule has 0 amide bonds. The summed E-state index contributed by atoms with van der Waals surface area (Å²) >= 11 is 5.93. The highest BCUT2D eigenvalue weighted by Gasteiger charge is 2.23. The molecule has 0 fully saturated rings. The maximum Gasteiger partial charge on any atom is 0.241 e. The van der Waals surface area contributed by atoms with Gasteiger partial charge in [0.05, 0.1) is 16.4 Å². The lowest BCUT2D eigenvalue weighted by Crippen LogP contribution is -2.14. The first-order chi connectivity index (χ1) is 8.73. The third-order valence-corrected chi connectivity index (χ3v) is 4.12. The molecular weight excluding hydrogens is 293 g/mol. The van der Waals surface area contributed by atoms with E-state index in [4.69, 9.17) is 16.7 Å². The molecule has 2 N–H and O–H groups in total. The van der Waals surface area contributed by atoms with E-state index < -0.39 is 15.8 Å². The van der Waals surface area contributed by atoms with E-state index in [-0.39, 0.29) is 27.0 Å². The monoisotopic (exact) mass is 303 g/mol. The van der Waals surface area contributed by atoms with E-state index in [9.17, 15) is 12.8 Å². The fourth-order valence-electron chi connectivity index (χ4n) is 1.95. The summed E-state index contributed by atoms with van der Waals surface area (Å²) in [5.41, 5.74) is 0.408. The van der Waals surface area contributed by atoms with Gasteiger partial charge in [-0.2, -0.15) is 5.10 Å². The number of halogens is 2. The molecule has 19 heavy (non-hydrogen) atoms. The maximum atomic E-state index is 13.8. The molecule has 0 aliphatic rings. The van der Waals surface area contributed by atoms with Crippen molar-refractivity contribution in [2.75, 3.05) is 0 Å². The van der Waals surface area contributed by atoms with Gasteiger partial charge in [0.1, 0.15) is 16.4 Å². The maximum absolute atomic E-state index is 13.8. The molecule has 0 saturated carbocycles. The van der Waals surface area contributed by atoms with Crippen LogP contribution in [0.2, 0.25) is 5.02 Å². The number of benzene rings is 1. The van der Waals surface area contributed by atoms with Crippen LogP contribution < -0.4 is 5.14 Å². The van der Waals surface area contributed by atoms with Gasteiger partial charge in [-0.05, 0) is 26.0 Å². The van der Waals surface area contributed by atoms with Gasteiger partial charge in [-0.25, -0.2) is 22.6 Å². The number of rotatable bonds is 2. The van der Waals surface area contributed by atoms with Crippen LogP contribution in [0.15, 0.2) is 23.1 Å². The lowest BCUT2D eigenvalue weighted by molar-refractivity contribution is 0.595. The Hall–Kier alpha value is -1.44. The first-order valence-corrected chi connectivity index (χ1v) is 7.19. The molecule has 1 aromatic heterocycles. The molecule has 0 aliphatic heterocycles. The number of nitrogens with zero attached hydrogens (tertiary/aromatic N) is 2. The number of hydrogen-bond donors (Lipinski definition) is 1. The van der Waals surface area contributed by atoms with Crippen LogP contribution in [0.1, 0.15) is 11.4 Å². The minimum atomic E-state index is -3.93. The highest BCUT2D eigenvalue weighted by atomic mass is 35.5. The second kappa shape index (κ2) is 4.59. The molecule has 2 aromatic rings. The van der Waals surface area contributed by atoms with Gasteiger partial charge in [-0.3, -0.25) is 0 Å². The SMILES string of the molecule is Cc1nn(-c2c(F)cccc2Cl)c(C)c1S(N)(=O)=O. The number of para-hydroxylation sites is 1. The second-order valence-corrected chi connectivity index (χ2v) is 5.93. The van der Waals surface area contributed by atoms with Crippen LogP contribution in [0, 0.1) is 19.7 Å². The van der Waals surface area contributed by atoms with Gasteiger partial charge in [0.15, 0.2) is 0 Å². The van der Waals surface area contributed by atoms with Crippen molar-refractivity contribution in [2.45, 2.75) is 18.7 Å². The third kappa shape index (κ3) is 2.36. The van der Waals surface area contributed by atoms with Gasteiger partial charge in [-0.1, -0.05) is 17.7 Å². The van der Waals surface area contributed by atoms with Gasteiger partial charge in [0, 0.05) is 0 Å². The molecule has 0 bridgehead atoms. The minimum absolute atomic E-state index is 0.000309. The highest BCUT2D eigenvalue weighted by Crippen LogP contribution is 2.27. The Morgan fingerprint density at radius 1 is 1.37 bits per heavy atom. The molecule has 1 aromatic carbocycles. The highest BCUT2D eigenvalue weighted by molar-refractivity contribution is 7.89. The summed E-state index contributed by atoms with van der Waals surface area (Å²) in [5.74, 6) is -0.598. The van der Waals surface area contributed by atoms with Gasteiger partial charge in [0.25, 0.3) is 0 Å². The zero-order valence-corrected chi connectivity index (χ0v) is 11.8. The Morgan fingerprint density at radius 3 is 2.47 bits per heavy atom. The number of sulfonamides is 1. The van der Waals surface area contributed by atoms with Gasteiger partial charge in [-0.15, -0.1) is 0 Å². The zero-order chi connectivity index (χ0) is 14.4. The number of nitrogens with two attached hydrogens (primary N) is 1. The Labute approximate surface area is 114 Å². The van der Waals surface area contributed by atoms with Gasteiger partial charge in [0.2, 0.25) is 10.0 Å². The van der Waals surface area contributed by atoms with Crippen LogP contribution in [-0.4, -0.2) is 18.2 Å². The van der Waals surface area contributed by atoms with Gasteiger partial charge < -0.3 is 0 Å².